The van der Waals surface area contributed by atoms with E-state index in [4.69, 9.17) is 28.8 Å². The van der Waals surface area contributed by atoms with Crippen molar-refractivity contribution < 1.29 is 52.8 Å². The van der Waals surface area contributed by atoms with E-state index in [1.807, 2.05) is 0 Å². The summed E-state index contributed by atoms with van der Waals surface area (Å²) in [6.07, 6.45) is 5.23. The van der Waals surface area contributed by atoms with Crippen molar-refractivity contribution >= 4 is 35.8 Å². The predicted octanol–water partition coefficient (Wildman–Crippen LogP) is 3.39. The summed E-state index contributed by atoms with van der Waals surface area (Å²) in [5, 5.41) is 14.6. The number of rotatable bonds is 13. The van der Waals surface area contributed by atoms with Crippen molar-refractivity contribution in [1.29, 1.82) is 0 Å². The normalized spacial score (nSPS) is 25.6. The van der Waals surface area contributed by atoms with E-state index in [2.05, 4.69) is 10.6 Å². The molecule has 53 heavy (non-hydrogen) atoms. The van der Waals surface area contributed by atoms with E-state index in [0.29, 0.717) is 22.3 Å². The van der Waals surface area contributed by atoms with Crippen LogP contribution in [-0.4, -0.2) is 84.8 Å². The first-order valence-corrected chi connectivity index (χ1v) is 18.2. The van der Waals surface area contributed by atoms with E-state index in [1.54, 1.807) is 68.5 Å². The number of cyclic esters (lactones) is 1. The molecule has 2 saturated carbocycles. The SMILES string of the molecule is CC1(C)COC(=O)[C@@H]1OC(=O)C=Cc1ccccc1C(=O)O[C@@H]1CC(C(=O)NCc2cccc(C(=O)NCCO)c2)=C[C@H]2OC(C3CC3)(C3CC3)O[C@H]21. The van der Waals surface area contributed by atoms with Crippen molar-refractivity contribution in [2.75, 3.05) is 19.8 Å². The summed E-state index contributed by atoms with van der Waals surface area (Å²) < 4.78 is 30.0. The molecule has 280 valence electrons. The van der Waals surface area contributed by atoms with Gasteiger partial charge in [-0.05, 0) is 67.2 Å². The van der Waals surface area contributed by atoms with Crippen LogP contribution < -0.4 is 10.6 Å². The maximum absolute atomic E-state index is 13.9. The summed E-state index contributed by atoms with van der Waals surface area (Å²) in [6.45, 7) is 3.78. The number of benzene rings is 2. The highest BCUT2D eigenvalue weighted by Crippen LogP contribution is 2.59. The third-order valence-corrected chi connectivity index (χ3v) is 10.3. The molecule has 2 amide bonds. The maximum Gasteiger partial charge on any atom is 0.348 e. The number of fused-ring (bicyclic) bond motifs is 1. The second-order valence-electron chi connectivity index (χ2n) is 15.0. The summed E-state index contributed by atoms with van der Waals surface area (Å²) >= 11 is 0. The van der Waals surface area contributed by atoms with E-state index in [1.165, 1.54) is 6.08 Å². The molecule has 13 nitrogen and oxygen atoms in total. The van der Waals surface area contributed by atoms with Crippen LogP contribution >= 0.6 is 0 Å². The highest BCUT2D eigenvalue weighted by Gasteiger charge is 2.64. The average molecular weight is 729 g/mol. The second-order valence-corrected chi connectivity index (χ2v) is 15.0. The van der Waals surface area contributed by atoms with Gasteiger partial charge in [0, 0.05) is 54.0 Å². The van der Waals surface area contributed by atoms with Crippen LogP contribution in [0.2, 0.25) is 0 Å². The number of aliphatic hydroxyl groups excluding tert-OH is 1. The Morgan fingerprint density at radius 1 is 0.943 bits per heavy atom. The van der Waals surface area contributed by atoms with Crippen molar-refractivity contribution in [2.24, 2.45) is 17.3 Å². The fraction of sp³-hybridized carbons (Fsp3) is 0.475. The Morgan fingerprint density at radius 3 is 2.40 bits per heavy atom. The number of esters is 3. The minimum atomic E-state index is -1.04. The molecule has 5 aliphatic rings. The number of hydrogen-bond donors (Lipinski definition) is 3. The molecular weight excluding hydrogens is 684 g/mol. The van der Waals surface area contributed by atoms with Gasteiger partial charge in [0.25, 0.3) is 5.91 Å². The molecule has 3 aliphatic carbocycles. The van der Waals surface area contributed by atoms with Gasteiger partial charge in [0.15, 0.2) is 5.79 Å². The van der Waals surface area contributed by atoms with Crippen molar-refractivity contribution in [3.05, 3.63) is 88.5 Å². The third-order valence-electron chi connectivity index (χ3n) is 10.3. The van der Waals surface area contributed by atoms with Crippen LogP contribution in [0.15, 0.2) is 66.3 Å². The zero-order valence-electron chi connectivity index (χ0n) is 29.7. The molecule has 0 aromatic heterocycles. The average Bonchev–Trinajstić information content (AvgIpc) is 4.10. The van der Waals surface area contributed by atoms with Gasteiger partial charge in [-0.3, -0.25) is 9.59 Å². The number of hydrogen-bond acceptors (Lipinski definition) is 11. The Hall–Kier alpha value is -4.85. The Kier molecular flexibility index (Phi) is 10.2. The summed E-state index contributed by atoms with van der Waals surface area (Å²) in [5.74, 6) is -3.02. The second kappa shape index (κ2) is 14.9. The van der Waals surface area contributed by atoms with Gasteiger partial charge in [-0.2, -0.15) is 0 Å². The summed E-state index contributed by atoms with van der Waals surface area (Å²) in [4.78, 5) is 64.7. The van der Waals surface area contributed by atoms with Crippen LogP contribution in [-0.2, 0) is 44.6 Å². The van der Waals surface area contributed by atoms with Gasteiger partial charge in [-0.15, -0.1) is 0 Å². The lowest BCUT2D eigenvalue weighted by atomic mass is 9.90. The molecule has 4 atom stereocenters. The van der Waals surface area contributed by atoms with Crippen LogP contribution in [0, 0.1) is 17.3 Å². The first-order chi connectivity index (χ1) is 25.5. The molecule has 2 aliphatic heterocycles. The quantitative estimate of drug-likeness (QED) is 0.157. The number of ether oxygens (including phenoxy) is 5. The van der Waals surface area contributed by atoms with Crippen molar-refractivity contribution in [3.63, 3.8) is 0 Å². The summed E-state index contributed by atoms with van der Waals surface area (Å²) in [6, 6.07) is 13.5. The van der Waals surface area contributed by atoms with Crippen LogP contribution in [0.25, 0.3) is 6.08 Å². The van der Waals surface area contributed by atoms with Gasteiger partial charge in [0.2, 0.25) is 12.0 Å². The van der Waals surface area contributed by atoms with Gasteiger partial charge in [0.1, 0.15) is 24.9 Å². The van der Waals surface area contributed by atoms with E-state index >= 15 is 0 Å². The van der Waals surface area contributed by atoms with E-state index in [0.717, 1.165) is 31.8 Å². The smallest absolute Gasteiger partial charge is 0.348 e. The first kappa shape index (κ1) is 36.5. The summed E-state index contributed by atoms with van der Waals surface area (Å²) in [7, 11) is 0. The monoisotopic (exact) mass is 728 g/mol. The van der Waals surface area contributed by atoms with E-state index in [9.17, 15) is 24.0 Å². The molecule has 13 heteroatoms. The maximum atomic E-state index is 13.9. The standard InChI is InChI=1S/C40H44N2O11/c1-39(2)22-49-38(48)34(39)51-32(44)15-10-24-7-3-4-9-29(24)37(47)50-30-19-26(20-31-33(30)53-40(52-31,27-11-12-27)28-13-14-28)36(46)42-21-23-6-5-8-25(18-23)35(45)41-16-17-43/h3-10,15,18,20,27-28,30-31,33-34,43H,11-14,16-17,19,21-22H2,1-2H3,(H,41,45)(H,42,46)/t30-,31-,33+,34+/m1/s1. The molecular formula is C40H44N2O11. The molecule has 3 N–H and O–H groups in total. The minimum Gasteiger partial charge on any atom is -0.462 e. The molecule has 7 rings (SSSR count). The third kappa shape index (κ3) is 7.92. The molecule has 2 saturated heterocycles. The predicted molar refractivity (Wildman–Crippen MR) is 188 cm³/mol. The topological polar surface area (TPSA) is 176 Å². The van der Waals surface area contributed by atoms with E-state index in [-0.39, 0.29) is 61.9 Å². The van der Waals surface area contributed by atoms with Gasteiger partial charge >= 0.3 is 17.9 Å². The Morgan fingerprint density at radius 2 is 1.70 bits per heavy atom. The first-order valence-electron chi connectivity index (χ1n) is 18.2. The highest BCUT2D eigenvalue weighted by atomic mass is 16.8. The van der Waals surface area contributed by atoms with Crippen molar-refractivity contribution in [3.8, 4) is 0 Å². The fourth-order valence-corrected chi connectivity index (χ4v) is 7.24. The Labute approximate surface area is 307 Å². The molecule has 2 aromatic carbocycles. The number of amides is 2. The lowest BCUT2D eigenvalue weighted by Crippen LogP contribution is -2.44. The number of carbonyl (C=O) groups excluding carboxylic acids is 5. The van der Waals surface area contributed by atoms with Gasteiger partial charge in [-0.25, -0.2) is 14.4 Å². The van der Waals surface area contributed by atoms with Crippen LogP contribution in [0.5, 0.6) is 0 Å². The van der Waals surface area contributed by atoms with Crippen LogP contribution in [0.1, 0.15) is 77.8 Å². The molecule has 0 radical (unpaired) electrons. The molecule has 0 bridgehead atoms. The lowest BCUT2D eigenvalue weighted by Gasteiger charge is -2.31. The molecule has 2 heterocycles. The Balaban J connectivity index is 1.07. The molecule has 0 spiro atoms. The highest BCUT2D eigenvalue weighted by molar-refractivity contribution is 5.97. The van der Waals surface area contributed by atoms with Crippen LogP contribution in [0.4, 0.5) is 0 Å². The number of aliphatic hydroxyl groups is 1. The summed E-state index contributed by atoms with van der Waals surface area (Å²) in [5.41, 5.74) is 1.40. The fourth-order valence-electron chi connectivity index (χ4n) is 7.24. The van der Waals surface area contributed by atoms with Gasteiger partial charge in [0.05, 0.1) is 12.2 Å². The molecule has 4 fully saturated rings. The van der Waals surface area contributed by atoms with Gasteiger partial charge < -0.3 is 39.4 Å². The largest absolute Gasteiger partial charge is 0.462 e. The van der Waals surface area contributed by atoms with Crippen molar-refractivity contribution in [1.82, 2.24) is 10.6 Å². The molecule has 0 unspecified atom stereocenters. The zero-order valence-corrected chi connectivity index (χ0v) is 29.7. The van der Waals surface area contributed by atoms with E-state index < -0.39 is 53.5 Å². The zero-order chi connectivity index (χ0) is 37.3. The number of carbonyl (C=O) groups is 5. The van der Waals surface area contributed by atoms with Crippen LogP contribution in [0.3, 0.4) is 0 Å². The molecule has 2 aromatic rings. The van der Waals surface area contributed by atoms with Crippen molar-refractivity contribution in [2.45, 2.75) is 82.7 Å². The van der Waals surface area contributed by atoms with Gasteiger partial charge in [-0.1, -0.05) is 44.2 Å². The lowest BCUT2D eigenvalue weighted by molar-refractivity contribution is -0.209. The minimum absolute atomic E-state index is 0.0781. The number of nitrogens with one attached hydrogen (secondary N) is 2. The Bertz CT molecular complexity index is 1830.